The summed E-state index contributed by atoms with van der Waals surface area (Å²) in [7, 11) is 0. The monoisotopic (exact) mass is 560 g/mol. The van der Waals surface area contributed by atoms with Gasteiger partial charge in [-0.25, -0.2) is 9.59 Å². The topological polar surface area (TPSA) is 125 Å². The van der Waals surface area contributed by atoms with Crippen LogP contribution < -0.4 is 15.0 Å². The molecule has 9 nitrogen and oxygen atoms in total. The molecular weight excluding hydrogens is 524 g/mol. The molecule has 216 valence electrons. The smallest absolute Gasteiger partial charge is 0.408 e. The van der Waals surface area contributed by atoms with Crippen LogP contribution in [0.3, 0.4) is 0 Å². The minimum absolute atomic E-state index is 0.0682. The number of benzene rings is 3. The first-order valence-corrected chi connectivity index (χ1v) is 13.8. The van der Waals surface area contributed by atoms with Crippen LogP contribution in [0.15, 0.2) is 60.7 Å². The van der Waals surface area contributed by atoms with Crippen LogP contribution in [0.4, 0.5) is 10.5 Å². The van der Waals surface area contributed by atoms with Gasteiger partial charge in [0.1, 0.15) is 12.4 Å². The number of carbonyl (C=O) groups is 3. The van der Waals surface area contributed by atoms with E-state index in [1.165, 1.54) is 5.56 Å². The van der Waals surface area contributed by atoms with Gasteiger partial charge in [-0.2, -0.15) is 0 Å². The van der Waals surface area contributed by atoms with Gasteiger partial charge in [-0.15, -0.1) is 0 Å². The van der Waals surface area contributed by atoms with Crippen molar-refractivity contribution in [2.45, 2.75) is 52.2 Å². The van der Waals surface area contributed by atoms with E-state index in [-0.39, 0.29) is 12.5 Å². The lowest BCUT2D eigenvalue weighted by Gasteiger charge is -2.31. The van der Waals surface area contributed by atoms with Gasteiger partial charge < -0.3 is 29.9 Å². The Kier molecular flexibility index (Phi) is 9.97. The second kappa shape index (κ2) is 13.8. The maximum absolute atomic E-state index is 13.2. The summed E-state index contributed by atoms with van der Waals surface area (Å²) in [4.78, 5) is 38.1. The number of nitrogens with zero attached hydrogens (tertiary/aromatic N) is 1. The number of carboxylic acid groups (broad SMARTS) is 1. The Labute approximate surface area is 239 Å². The lowest BCUT2D eigenvalue weighted by Crippen LogP contribution is -2.43. The van der Waals surface area contributed by atoms with E-state index in [4.69, 9.17) is 19.7 Å². The first-order chi connectivity index (χ1) is 19.8. The highest BCUT2D eigenvalue weighted by Gasteiger charge is 2.25. The number of aliphatic hydroxyl groups excluding tert-OH is 1. The maximum atomic E-state index is 13.2. The van der Waals surface area contributed by atoms with E-state index in [9.17, 15) is 14.4 Å². The summed E-state index contributed by atoms with van der Waals surface area (Å²) in [5, 5.41) is 20.2. The number of rotatable bonds is 11. The number of aryl methyl sites for hydroxylation is 1. The maximum Gasteiger partial charge on any atom is 0.408 e. The predicted octanol–water partition coefficient (Wildman–Crippen LogP) is 4.78. The average molecular weight is 561 g/mol. The highest BCUT2D eigenvalue weighted by Crippen LogP contribution is 2.36. The van der Waals surface area contributed by atoms with Crippen molar-refractivity contribution in [2.24, 2.45) is 0 Å². The van der Waals surface area contributed by atoms with E-state index in [1.54, 1.807) is 0 Å². The third kappa shape index (κ3) is 7.43. The third-order valence-corrected chi connectivity index (χ3v) is 7.28. The molecule has 4 rings (SSSR count). The first kappa shape index (κ1) is 29.6. The number of ether oxygens (including phenoxy) is 2. The standard InChI is InChI=1S/C32H36N2O7/c1-21-8-3-14-29(22(21)2)40-17-7-15-30(36)34-16-6-12-26-25(11-5-13-28(26)34)24-10-4-9-23(18-24)20-41-32(39)33-27(19-35)31(37)38/h3-5,8-11,13-14,18,27,35H,6-7,12,15-17,19-20H2,1-2H3,(H,33,39)(H,37,38). The highest BCUT2D eigenvalue weighted by atomic mass is 16.5. The van der Waals surface area contributed by atoms with Gasteiger partial charge in [0.25, 0.3) is 0 Å². The normalized spacial score (nSPS) is 13.2. The Morgan fingerprint density at radius 2 is 1.83 bits per heavy atom. The van der Waals surface area contributed by atoms with Crippen molar-refractivity contribution < 1.29 is 34.1 Å². The van der Waals surface area contributed by atoms with E-state index < -0.39 is 24.7 Å². The van der Waals surface area contributed by atoms with Gasteiger partial charge in [0, 0.05) is 18.7 Å². The number of amides is 2. The van der Waals surface area contributed by atoms with Gasteiger partial charge in [0.2, 0.25) is 5.91 Å². The van der Waals surface area contributed by atoms with Crippen molar-refractivity contribution in [2.75, 3.05) is 24.7 Å². The lowest BCUT2D eigenvalue weighted by molar-refractivity contribution is -0.140. The second-order valence-corrected chi connectivity index (χ2v) is 10.1. The van der Waals surface area contributed by atoms with Gasteiger partial charge in [-0.3, -0.25) is 4.79 Å². The van der Waals surface area contributed by atoms with Crippen LogP contribution in [0.5, 0.6) is 5.75 Å². The fourth-order valence-electron chi connectivity index (χ4n) is 4.92. The van der Waals surface area contributed by atoms with Crippen LogP contribution in [-0.2, 0) is 27.4 Å². The van der Waals surface area contributed by atoms with Gasteiger partial charge in [-0.05, 0) is 84.7 Å². The zero-order valence-corrected chi connectivity index (χ0v) is 23.4. The number of carboxylic acids is 1. The number of fused-ring (bicyclic) bond motifs is 1. The Hall–Kier alpha value is -4.37. The van der Waals surface area contributed by atoms with E-state index in [1.807, 2.05) is 66.4 Å². The molecule has 41 heavy (non-hydrogen) atoms. The minimum atomic E-state index is -1.43. The van der Waals surface area contributed by atoms with E-state index >= 15 is 0 Å². The molecule has 3 aromatic rings. The fraction of sp³-hybridized carbons (Fsp3) is 0.344. The Morgan fingerprint density at radius 3 is 2.61 bits per heavy atom. The Morgan fingerprint density at radius 1 is 1.05 bits per heavy atom. The van der Waals surface area contributed by atoms with Crippen LogP contribution >= 0.6 is 0 Å². The molecule has 0 spiro atoms. The number of carbonyl (C=O) groups excluding carboxylic acids is 2. The third-order valence-electron chi connectivity index (χ3n) is 7.28. The van der Waals surface area contributed by atoms with Crippen LogP contribution in [0.25, 0.3) is 11.1 Å². The first-order valence-electron chi connectivity index (χ1n) is 13.8. The molecular formula is C32H36N2O7. The van der Waals surface area contributed by atoms with Crippen molar-refractivity contribution in [1.29, 1.82) is 0 Å². The van der Waals surface area contributed by atoms with Crippen molar-refractivity contribution in [1.82, 2.24) is 5.32 Å². The van der Waals surface area contributed by atoms with Crippen molar-refractivity contribution >= 4 is 23.7 Å². The van der Waals surface area contributed by atoms with Gasteiger partial charge in [0.05, 0.1) is 13.2 Å². The zero-order chi connectivity index (χ0) is 29.4. The van der Waals surface area contributed by atoms with Gasteiger partial charge >= 0.3 is 12.1 Å². The van der Waals surface area contributed by atoms with Gasteiger partial charge in [-0.1, -0.05) is 42.5 Å². The number of hydrogen-bond acceptors (Lipinski definition) is 6. The zero-order valence-electron chi connectivity index (χ0n) is 23.4. The molecule has 1 aliphatic rings. The molecule has 0 fully saturated rings. The van der Waals surface area contributed by atoms with Crippen molar-refractivity contribution in [3.05, 3.63) is 82.9 Å². The average Bonchev–Trinajstić information content (AvgIpc) is 2.98. The molecule has 9 heteroatoms. The summed E-state index contributed by atoms with van der Waals surface area (Å²) in [5.74, 6) is -0.421. The molecule has 0 radical (unpaired) electrons. The van der Waals surface area contributed by atoms with Crippen LogP contribution in [-0.4, -0.2) is 54.0 Å². The highest BCUT2D eigenvalue weighted by molar-refractivity contribution is 5.96. The molecule has 0 aromatic heterocycles. The largest absolute Gasteiger partial charge is 0.493 e. The number of nitrogens with one attached hydrogen (secondary N) is 1. The molecule has 0 saturated heterocycles. The molecule has 1 aliphatic heterocycles. The number of hydrogen-bond donors (Lipinski definition) is 3. The van der Waals surface area contributed by atoms with E-state index in [0.717, 1.165) is 52.1 Å². The quantitative estimate of drug-likeness (QED) is 0.288. The lowest BCUT2D eigenvalue weighted by atomic mass is 9.91. The summed E-state index contributed by atoms with van der Waals surface area (Å²) in [6, 6.07) is 18.1. The summed E-state index contributed by atoms with van der Waals surface area (Å²) >= 11 is 0. The molecule has 2 amide bonds. The molecule has 3 N–H and O–H groups in total. The predicted molar refractivity (Wildman–Crippen MR) is 155 cm³/mol. The Balaban J connectivity index is 1.40. The van der Waals surface area contributed by atoms with Crippen molar-refractivity contribution in [3.8, 4) is 16.9 Å². The minimum Gasteiger partial charge on any atom is -0.493 e. The SMILES string of the molecule is Cc1cccc(OCCCC(=O)N2CCCc3c(-c4cccc(COC(=O)NC(CO)C(=O)O)c4)cccc32)c1C. The fourth-order valence-corrected chi connectivity index (χ4v) is 4.92. The summed E-state index contributed by atoms with van der Waals surface area (Å²) < 4.78 is 11.1. The number of aliphatic hydroxyl groups is 1. The van der Waals surface area contributed by atoms with E-state index in [0.29, 0.717) is 26.0 Å². The van der Waals surface area contributed by atoms with Gasteiger partial charge in [0.15, 0.2) is 6.04 Å². The van der Waals surface area contributed by atoms with E-state index in [2.05, 4.69) is 18.3 Å². The summed E-state index contributed by atoms with van der Waals surface area (Å²) in [5.41, 5.74) is 6.96. The second-order valence-electron chi connectivity index (χ2n) is 10.1. The molecule has 0 saturated carbocycles. The number of alkyl carbamates (subject to hydrolysis) is 1. The molecule has 3 aromatic carbocycles. The van der Waals surface area contributed by atoms with Crippen LogP contribution in [0.2, 0.25) is 0 Å². The molecule has 1 heterocycles. The molecule has 1 atom stereocenters. The molecule has 1 unspecified atom stereocenters. The van der Waals surface area contributed by atoms with Crippen molar-refractivity contribution in [3.63, 3.8) is 0 Å². The number of anilines is 1. The Bertz CT molecular complexity index is 1400. The van der Waals surface area contributed by atoms with Crippen LogP contribution in [0, 0.1) is 13.8 Å². The molecule has 0 aliphatic carbocycles. The number of aliphatic carboxylic acids is 1. The van der Waals surface area contributed by atoms with Crippen LogP contribution in [0.1, 0.15) is 41.5 Å². The summed E-state index contributed by atoms with van der Waals surface area (Å²) in [6.45, 7) is 4.42. The molecule has 0 bridgehead atoms. The summed E-state index contributed by atoms with van der Waals surface area (Å²) in [6.07, 6.45) is 1.78.